The van der Waals surface area contributed by atoms with Gasteiger partial charge in [-0.25, -0.2) is 0 Å². The molecule has 0 aliphatic heterocycles. The van der Waals surface area contributed by atoms with Crippen LogP contribution in [0.4, 0.5) is 5.69 Å². The third-order valence-electron chi connectivity index (χ3n) is 2.85. The molecule has 0 N–H and O–H groups in total. The summed E-state index contributed by atoms with van der Waals surface area (Å²) < 4.78 is 0. The SMILES string of the molecule is C[C@H](N=Cc1ccccc1[N+](=O)[O-])c1ccccc1. The van der Waals surface area contributed by atoms with E-state index in [1.807, 2.05) is 37.3 Å². The lowest BCUT2D eigenvalue weighted by Gasteiger charge is -2.05. The zero-order valence-corrected chi connectivity index (χ0v) is 10.6. The molecule has 19 heavy (non-hydrogen) atoms. The van der Waals surface area contributed by atoms with Gasteiger partial charge in [0.25, 0.3) is 5.69 Å². The van der Waals surface area contributed by atoms with Crippen molar-refractivity contribution < 1.29 is 4.92 Å². The van der Waals surface area contributed by atoms with Gasteiger partial charge in [0.1, 0.15) is 0 Å². The van der Waals surface area contributed by atoms with Crippen LogP contribution in [-0.2, 0) is 0 Å². The number of benzene rings is 2. The van der Waals surface area contributed by atoms with Crippen LogP contribution in [0.3, 0.4) is 0 Å². The zero-order valence-electron chi connectivity index (χ0n) is 10.6. The molecule has 0 aliphatic rings. The summed E-state index contributed by atoms with van der Waals surface area (Å²) in [6, 6.07) is 16.4. The van der Waals surface area contributed by atoms with E-state index in [1.165, 1.54) is 6.07 Å². The molecule has 0 amide bonds. The molecule has 2 rings (SSSR count). The van der Waals surface area contributed by atoms with Crippen LogP contribution < -0.4 is 0 Å². The molecule has 0 heterocycles. The average molecular weight is 254 g/mol. The number of para-hydroxylation sites is 1. The third kappa shape index (κ3) is 3.25. The Morgan fingerprint density at radius 3 is 2.42 bits per heavy atom. The van der Waals surface area contributed by atoms with Crippen molar-refractivity contribution in [1.82, 2.24) is 0 Å². The van der Waals surface area contributed by atoms with E-state index in [-0.39, 0.29) is 11.7 Å². The van der Waals surface area contributed by atoms with Crippen LogP contribution in [0.1, 0.15) is 24.1 Å². The van der Waals surface area contributed by atoms with Gasteiger partial charge in [0.15, 0.2) is 0 Å². The Morgan fingerprint density at radius 2 is 1.74 bits per heavy atom. The van der Waals surface area contributed by atoms with Gasteiger partial charge in [-0.15, -0.1) is 0 Å². The number of nitro benzene ring substituents is 1. The van der Waals surface area contributed by atoms with Gasteiger partial charge < -0.3 is 0 Å². The Labute approximate surface area is 111 Å². The minimum Gasteiger partial charge on any atom is -0.285 e. The molecule has 1 atom stereocenters. The first-order chi connectivity index (χ1) is 9.18. The fourth-order valence-electron chi connectivity index (χ4n) is 1.77. The molecule has 2 aromatic rings. The standard InChI is InChI=1S/C15H14N2O2/c1-12(13-7-3-2-4-8-13)16-11-14-9-5-6-10-15(14)17(18)19/h2-12H,1H3/t12-/m0/s1. The van der Waals surface area contributed by atoms with Crippen molar-refractivity contribution in [3.05, 3.63) is 75.8 Å². The Bertz CT molecular complexity index is 594. The molecule has 0 spiro atoms. The molecule has 0 bridgehead atoms. The van der Waals surface area contributed by atoms with E-state index in [2.05, 4.69) is 4.99 Å². The van der Waals surface area contributed by atoms with Gasteiger partial charge in [0, 0.05) is 12.3 Å². The van der Waals surface area contributed by atoms with E-state index in [4.69, 9.17) is 0 Å². The highest BCUT2D eigenvalue weighted by Gasteiger charge is 2.10. The lowest BCUT2D eigenvalue weighted by atomic mass is 10.1. The van der Waals surface area contributed by atoms with Crippen LogP contribution in [-0.4, -0.2) is 11.1 Å². The summed E-state index contributed by atoms with van der Waals surface area (Å²) in [5.74, 6) is 0. The molecule has 0 radical (unpaired) electrons. The second kappa shape index (κ2) is 5.91. The summed E-state index contributed by atoms with van der Waals surface area (Å²) in [5.41, 5.74) is 1.68. The van der Waals surface area contributed by atoms with Gasteiger partial charge >= 0.3 is 0 Å². The normalized spacial score (nSPS) is 12.5. The molecule has 4 heteroatoms. The van der Waals surface area contributed by atoms with Crippen molar-refractivity contribution in [1.29, 1.82) is 0 Å². The highest BCUT2D eigenvalue weighted by atomic mass is 16.6. The second-order valence-corrected chi connectivity index (χ2v) is 4.18. The molecule has 4 nitrogen and oxygen atoms in total. The van der Waals surface area contributed by atoms with Crippen LogP contribution in [0.2, 0.25) is 0 Å². The van der Waals surface area contributed by atoms with E-state index in [0.29, 0.717) is 5.56 Å². The number of aliphatic imine (C=N–C) groups is 1. The largest absolute Gasteiger partial charge is 0.285 e. The Hall–Kier alpha value is -2.49. The van der Waals surface area contributed by atoms with Gasteiger partial charge in [0.2, 0.25) is 0 Å². The van der Waals surface area contributed by atoms with Crippen LogP contribution >= 0.6 is 0 Å². The molecule has 0 fully saturated rings. The maximum absolute atomic E-state index is 10.9. The molecule has 2 aromatic carbocycles. The first kappa shape index (κ1) is 13.0. The Morgan fingerprint density at radius 1 is 1.11 bits per heavy atom. The molecular weight excluding hydrogens is 240 g/mol. The second-order valence-electron chi connectivity index (χ2n) is 4.18. The van der Waals surface area contributed by atoms with Crippen LogP contribution in [0.5, 0.6) is 0 Å². The molecule has 96 valence electrons. The van der Waals surface area contributed by atoms with Gasteiger partial charge in [-0.3, -0.25) is 15.1 Å². The molecule has 0 unspecified atom stereocenters. The quantitative estimate of drug-likeness (QED) is 0.473. The minimum absolute atomic E-state index is 0.0268. The lowest BCUT2D eigenvalue weighted by molar-refractivity contribution is -0.385. The summed E-state index contributed by atoms with van der Waals surface area (Å²) in [6.45, 7) is 1.96. The maximum Gasteiger partial charge on any atom is 0.278 e. The number of hydrogen-bond acceptors (Lipinski definition) is 3. The maximum atomic E-state index is 10.9. The predicted octanol–water partition coefficient (Wildman–Crippen LogP) is 3.77. The molecule has 0 aliphatic carbocycles. The predicted molar refractivity (Wildman–Crippen MR) is 75.5 cm³/mol. The van der Waals surface area contributed by atoms with Crippen molar-refractivity contribution in [2.75, 3.05) is 0 Å². The van der Waals surface area contributed by atoms with E-state index in [9.17, 15) is 10.1 Å². The number of hydrogen-bond donors (Lipinski definition) is 0. The number of nitrogens with zero attached hydrogens (tertiary/aromatic N) is 2. The van der Waals surface area contributed by atoms with Gasteiger partial charge in [0.05, 0.1) is 16.5 Å². The van der Waals surface area contributed by atoms with Crippen LogP contribution in [0.25, 0.3) is 0 Å². The van der Waals surface area contributed by atoms with Crippen LogP contribution in [0, 0.1) is 10.1 Å². The fourth-order valence-corrected chi connectivity index (χ4v) is 1.77. The van der Waals surface area contributed by atoms with E-state index in [1.54, 1.807) is 24.4 Å². The van der Waals surface area contributed by atoms with Gasteiger partial charge in [-0.05, 0) is 18.6 Å². The average Bonchev–Trinajstić information content (AvgIpc) is 2.46. The first-order valence-electron chi connectivity index (χ1n) is 6.00. The van der Waals surface area contributed by atoms with Crippen LogP contribution in [0.15, 0.2) is 59.6 Å². The summed E-state index contributed by atoms with van der Waals surface area (Å²) in [4.78, 5) is 14.9. The molecule has 0 saturated heterocycles. The monoisotopic (exact) mass is 254 g/mol. The fraction of sp³-hybridized carbons (Fsp3) is 0.133. The molecule has 0 aromatic heterocycles. The van der Waals surface area contributed by atoms with Crippen molar-refractivity contribution in [3.8, 4) is 0 Å². The lowest BCUT2D eigenvalue weighted by Crippen LogP contribution is -1.95. The van der Waals surface area contributed by atoms with Crippen molar-refractivity contribution in [3.63, 3.8) is 0 Å². The highest BCUT2D eigenvalue weighted by molar-refractivity contribution is 5.85. The Balaban J connectivity index is 2.22. The van der Waals surface area contributed by atoms with E-state index < -0.39 is 4.92 Å². The number of nitro groups is 1. The van der Waals surface area contributed by atoms with Crippen molar-refractivity contribution in [2.45, 2.75) is 13.0 Å². The smallest absolute Gasteiger partial charge is 0.278 e. The summed E-state index contributed by atoms with van der Waals surface area (Å²) in [7, 11) is 0. The minimum atomic E-state index is -0.394. The Kier molecular flexibility index (Phi) is 4.03. The third-order valence-corrected chi connectivity index (χ3v) is 2.85. The zero-order chi connectivity index (χ0) is 13.7. The van der Waals surface area contributed by atoms with Crippen molar-refractivity contribution >= 4 is 11.9 Å². The van der Waals surface area contributed by atoms with Crippen molar-refractivity contribution in [2.24, 2.45) is 4.99 Å². The van der Waals surface area contributed by atoms with Gasteiger partial charge in [-0.1, -0.05) is 42.5 Å². The molecule has 0 saturated carbocycles. The summed E-state index contributed by atoms with van der Waals surface area (Å²) >= 11 is 0. The first-order valence-corrected chi connectivity index (χ1v) is 6.00. The van der Waals surface area contributed by atoms with Gasteiger partial charge in [-0.2, -0.15) is 0 Å². The van der Waals surface area contributed by atoms with E-state index in [0.717, 1.165) is 5.56 Å². The summed E-state index contributed by atoms with van der Waals surface area (Å²) in [5, 5.41) is 10.9. The van der Waals surface area contributed by atoms with E-state index >= 15 is 0 Å². The molecular formula is C15H14N2O2. The highest BCUT2D eigenvalue weighted by Crippen LogP contribution is 2.19. The number of rotatable bonds is 4. The summed E-state index contributed by atoms with van der Waals surface area (Å²) in [6.07, 6.45) is 1.57. The topological polar surface area (TPSA) is 55.5 Å².